The maximum absolute atomic E-state index is 12.1. The van der Waals surface area contributed by atoms with Crippen LogP contribution in [0.3, 0.4) is 0 Å². The van der Waals surface area contributed by atoms with Gasteiger partial charge < -0.3 is 4.57 Å². The van der Waals surface area contributed by atoms with Gasteiger partial charge in [-0.05, 0) is 24.6 Å². The third-order valence-electron chi connectivity index (χ3n) is 3.51. The van der Waals surface area contributed by atoms with E-state index in [0.29, 0.717) is 5.75 Å². The average molecular weight is 342 g/mol. The Morgan fingerprint density at radius 1 is 1.22 bits per heavy atom. The van der Waals surface area contributed by atoms with Gasteiger partial charge in [-0.3, -0.25) is 4.79 Å². The lowest BCUT2D eigenvalue weighted by Crippen LogP contribution is -2.14. The number of carbonyl (C=O) groups is 1. The average Bonchev–Trinajstić information content (AvgIpc) is 2.84. The van der Waals surface area contributed by atoms with Gasteiger partial charge in [-0.2, -0.15) is 4.99 Å². The van der Waals surface area contributed by atoms with Crippen molar-refractivity contribution in [2.45, 2.75) is 12.7 Å². The highest BCUT2D eigenvalue weighted by atomic mass is 32.2. The van der Waals surface area contributed by atoms with Gasteiger partial charge in [-0.1, -0.05) is 53.3 Å². The summed E-state index contributed by atoms with van der Waals surface area (Å²) in [7, 11) is 1.95. The lowest BCUT2D eigenvalue weighted by Gasteiger charge is -2.01. The number of amides is 1. The molecule has 23 heavy (non-hydrogen) atoms. The number of aryl methyl sites for hydroxylation is 2. The summed E-state index contributed by atoms with van der Waals surface area (Å²) in [5, 5.41) is 0. The Bertz CT molecular complexity index is 909. The third kappa shape index (κ3) is 3.92. The fourth-order valence-corrected chi connectivity index (χ4v) is 4.18. The van der Waals surface area contributed by atoms with Crippen LogP contribution < -0.4 is 4.80 Å². The van der Waals surface area contributed by atoms with Gasteiger partial charge in [0.2, 0.25) is 0 Å². The van der Waals surface area contributed by atoms with Gasteiger partial charge in [0.25, 0.3) is 5.91 Å². The van der Waals surface area contributed by atoms with Crippen LogP contribution in [0.25, 0.3) is 10.2 Å². The van der Waals surface area contributed by atoms with Crippen molar-refractivity contribution >= 4 is 39.2 Å². The van der Waals surface area contributed by atoms with Crippen molar-refractivity contribution in [2.24, 2.45) is 12.0 Å². The minimum absolute atomic E-state index is 0.0789. The van der Waals surface area contributed by atoms with E-state index >= 15 is 0 Å². The second-order valence-electron chi connectivity index (χ2n) is 5.40. The summed E-state index contributed by atoms with van der Waals surface area (Å²) in [5.41, 5.74) is 3.60. The fourth-order valence-electron chi connectivity index (χ4n) is 2.39. The fraction of sp³-hybridized carbons (Fsp3) is 0.222. The van der Waals surface area contributed by atoms with Crippen molar-refractivity contribution in [3.8, 4) is 0 Å². The SMILES string of the molecule is Cc1cccc(CSCC(=O)N=c2sc3ccccc3n2C)c1. The topological polar surface area (TPSA) is 34.4 Å². The number of fused-ring (bicyclic) bond motifs is 1. The van der Waals surface area contributed by atoms with Crippen LogP contribution in [0.4, 0.5) is 0 Å². The molecule has 0 atom stereocenters. The summed E-state index contributed by atoms with van der Waals surface area (Å²) in [5.74, 6) is 1.16. The number of nitrogens with zero attached hydrogens (tertiary/aromatic N) is 2. The van der Waals surface area contributed by atoms with Crippen LogP contribution in [0.1, 0.15) is 11.1 Å². The van der Waals surface area contributed by atoms with Crippen LogP contribution in [-0.2, 0) is 17.6 Å². The lowest BCUT2D eigenvalue weighted by atomic mass is 10.2. The molecule has 0 N–H and O–H groups in total. The largest absolute Gasteiger partial charge is 0.319 e. The first-order valence-electron chi connectivity index (χ1n) is 7.39. The van der Waals surface area contributed by atoms with E-state index in [1.165, 1.54) is 11.1 Å². The zero-order valence-electron chi connectivity index (χ0n) is 13.2. The molecule has 0 fully saturated rings. The number of benzene rings is 2. The van der Waals surface area contributed by atoms with Crippen molar-refractivity contribution in [3.05, 3.63) is 64.5 Å². The second-order valence-corrected chi connectivity index (χ2v) is 7.39. The number of thiazole rings is 1. The van der Waals surface area contributed by atoms with Crippen LogP contribution in [0.2, 0.25) is 0 Å². The molecule has 1 aromatic heterocycles. The minimum Gasteiger partial charge on any atom is -0.319 e. The summed E-state index contributed by atoms with van der Waals surface area (Å²) in [4.78, 5) is 17.1. The number of rotatable bonds is 4. The molecule has 0 saturated carbocycles. The summed E-state index contributed by atoms with van der Waals surface area (Å²) in [6.07, 6.45) is 0. The second kappa shape index (κ2) is 7.15. The molecule has 1 amide bonds. The molecule has 1 heterocycles. The number of aromatic nitrogens is 1. The highest BCUT2D eigenvalue weighted by Crippen LogP contribution is 2.16. The predicted molar refractivity (Wildman–Crippen MR) is 98.7 cm³/mol. The molecular weight excluding hydrogens is 324 g/mol. The standard InChI is InChI=1S/C18H18N2OS2/c1-13-6-5-7-14(10-13)11-22-12-17(21)19-18-20(2)15-8-3-4-9-16(15)23-18/h3-10H,11-12H2,1-2H3. The van der Waals surface area contributed by atoms with E-state index < -0.39 is 0 Å². The Kier molecular flexibility index (Phi) is 4.98. The summed E-state index contributed by atoms with van der Waals surface area (Å²) in [6.45, 7) is 2.08. The Labute approximate surface area is 143 Å². The van der Waals surface area contributed by atoms with Crippen molar-refractivity contribution in [3.63, 3.8) is 0 Å². The summed E-state index contributed by atoms with van der Waals surface area (Å²) >= 11 is 3.16. The van der Waals surface area contributed by atoms with Crippen LogP contribution in [-0.4, -0.2) is 16.2 Å². The molecule has 0 aliphatic rings. The molecule has 3 nitrogen and oxygen atoms in total. The zero-order chi connectivity index (χ0) is 16.2. The van der Waals surface area contributed by atoms with E-state index in [0.717, 1.165) is 20.8 Å². The predicted octanol–water partition coefficient (Wildman–Crippen LogP) is 3.91. The molecule has 3 rings (SSSR count). The van der Waals surface area contributed by atoms with Crippen molar-refractivity contribution in [1.82, 2.24) is 4.57 Å². The number of hydrogen-bond acceptors (Lipinski definition) is 3. The maximum atomic E-state index is 12.1. The minimum atomic E-state index is -0.0789. The highest BCUT2D eigenvalue weighted by Gasteiger charge is 2.05. The van der Waals surface area contributed by atoms with Crippen molar-refractivity contribution in [2.75, 3.05) is 5.75 Å². The van der Waals surface area contributed by atoms with Gasteiger partial charge in [0.05, 0.1) is 16.0 Å². The van der Waals surface area contributed by atoms with E-state index in [9.17, 15) is 4.79 Å². The smallest absolute Gasteiger partial charge is 0.258 e. The van der Waals surface area contributed by atoms with Gasteiger partial charge in [-0.15, -0.1) is 11.8 Å². The van der Waals surface area contributed by atoms with Crippen LogP contribution >= 0.6 is 23.1 Å². The molecule has 0 unspecified atom stereocenters. The molecule has 0 bridgehead atoms. The first kappa shape index (κ1) is 16.0. The van der Waals surface area contributed by atoms with Gasteiger partial charge in [0.15, 0.2) is 4.80 Å². The first-order chi connectivity index (χ1) is 11.1. The molecule has 3 aromatic rings. The van der Waals surface area contributed by atoms with Crippen molar-refractivity contribution < 1.29 is 4.79 Å². The number of hydrogen-bond donors (Lipinski definition) is 0. The van der Waals surface area contributed by atoms with E-state index in [1.807, 2.05) is 29.8 Å². The number of carbonyl (C=O) groups excluding carboxylic acids is 1. The van der Waals surface area contributed by atoms with E-state index in [2.05, 4.69) is 42.2 Å². The number of thioether (sulfide) groups is 1. The summed E-state index contributed by atoms with van der Waals surface area (Å²) in [6, 6.07) is 16.5. The van der Waals surface area contributed by atoms with Crippen LogP contribution in [0, 0.1) is 6.92 Å². The number of para-hydroxylation sites is 1. The van der Waals surface area contributed by atoms with Crippen LogP contribution in [0.15, 0.2) is 53.5 Å². The lowest BCUT2D eigenvalue weighted by molar-refractivity contribution is -0.115. The quantitative estimate of drug-likeness (QED) is 0.720. The van der Waals surface area contributed by atoms with Gasteiger partial charge >= 0.3 is 0 Å². The van der Waals surface area contributed by atoms with E-state index in [-0.39, 0.29) is 5.91 Å². The van der Waals surface area contributed by atoms with Gasteiger partial charge in [0.1, 0.15) is 0 Å². The Balaban J connectivity index is 1.67. The molecule has 0 spiro atoms. The molecule has 5 heteroatoms. The molecule has 0 aliphatic carbocycles. The maximum Gasteiger partial charge on any atom is 0.258 e. The van der Waals surface area contributed by atoms with Gasteiger partial charge in [0, 0.05) is 12.8 Å². The normalized spacial score (nSPS) is 12.0. The Morgan fingerprint density at radius 2 is 2.04 bits per heavy atom. The molecule has 2 aromatic carbocycles. The van der Waals surface area contributed by atoms with E-state index in [4.69, 9.17) is 0 Å². The van der Waals surface area contributed by atoms with Crippen molar-refractivity contribution in [1.29, 1.82) is 0 Å². The molecular formula is C18H18N2OS2. The molecule has 118 valence electrons. The third-order valence-corrected chi connectivity index (χ3v) is 5.61. The van der Waals surface area contributed by atoms with E-state index in [1.54, 1.807) is 23.1 Å². The van der Waals surface area contributed by atoms with Gasteiger partial charge in [-0.25, -0.2) is 0 Å². The monoisotopic (exact) mass is 342 g/mol. The summed E-state index contributed by atoms with van der Waals surface area (Å²) < 4.78 is 3.12. The highest BCUT2D eigenvalue weighted by molar-refractivity contribution is 7.99. The molecule has 0 radical (unpaired) electrons. The molecule has 0 aliphatic heterocycles. The first-order valence-corrected chi connectivity index (χ1v) is 9.36. The Hall–Kier alpha value is -1.85. The zero-order valence-corrected chi connectivity index (χ0v) is 14.8. The Morgan fingerprint density at radius 3 is 2.83 bits per heavy atom. The molecule has 0 saturated heterocycles. The van der Waals surface area contributed by atoms with Crippen LogP contribution in [0.5, 0.6) is 0 Å².